The molecule has 0 saturated carbocycles. The van der Waals surface area contributed by atoms with E-state index in [2.05, 4.69) is 15.6 Å². The van der Waals surface area contributed by atoms with E-state index >= 15 is 0 Å². The van der Waals surface area contributed by atoms with Crippen molar-refractivity contribution >= 4 is 39.9 Å². The monoisotopic (exact) mass is 485 g/mol. The number of carbonyl (C=O) groups is 2. The van der Waals surface area contributed by atoms with E-state index in [0.29, 0.717) is 28.9 Å². The number of benzene rings is 1. The van der Waals surface area contributed by atoms with Crippen LogP contribution < -0.4 is 16.5 Å². The number of imidazole rings is 1. The van der Waals surface area contributed by atoms with Crippen LogP contribution in [0.4, 0.5) is 5.00 Å². The van der Waals surface area contributed by atoms with Crippen LogP contribution in [0.5, 0.6) is 0 Å². The van der Waals surface area contributed by atoms with Gasteiger partial charge in [0.1, 0.15) is 5.00 Å². The van der Waals surface area contributed by atoms with E-state index in [9.17, 15) is 9.59 Å². The van der Waals surface area contributed by atoms with Crippen LogP contribution in [-0.2, 0) is 22.4 Å². The maximum atomic E-state index is 12.9. The Bertz CT molecular complexity index is 1130. The summed E-state index contributed by atoms with van der Waals surface area (Å²) >= 11 is 2.76. The highest BCUT2D eigenvalue weighted by Gasteiger charge is 2.26. The lowest BCUT2D eigenvalue weighted by Gasteiger charge is -2.13. The Morgan fingerprint density at radius 1 is 1.24 bits per heavy atom. The molecule has 1 aliphatic carbocycles. The van der Waals surface area contributed by atoms with Gasteiger partial charge in [0.25, 0.3) is 5.91 Å². The number of nitrogens with zero attached hydrogens (tertiary/aromatic N) is 2. The molecule has 33 heavy (non-hydrogen) atoms. The quantitative estimate of drug-likeness (QED) is 0.244. The lowest BCUT2D eigenvalue weighted by Crippen LogP contribution is -2.29. The highest BCUT2D eigenvalue weighted by Crippen LogP contribution is 2.38. The van der Waals surface area contributed by atoms with Crippen molar-refractivity contribution in [2.24, 2.45) is 0 Å². The van der Waals surface area contributed by atoms with Crippen LogP contribution in [0.15, 0.2) is 41.7 Å². The Labute approximate surface area is 200 Å². The fourth-order valence-electron chi connectivity index (χ4n) is 3.77. The third kappa shape index (κ3) is 5.58. The van der Waals surface area contributed by atoms with Gasteiger partial charge >= 0.3 is 0 Å². The number of nitrogens with one attached hydrogen (secondary N) is 2. The van der Waals surface area contributed by atoms with Crippen molar-refractivity contribution < 1.29 is 14.3 Å². The molecule has 174 valence electrons. The van der Waals surface area contributed by atoms with Gasteiger partial charge in [0.05, 0.1) is 29.8 Å². The minimum absolute atomic E-state index is 0.135. The van der Waals surface area contributed by atoms with Gasteiger partial charge in [0, 0.05) is 24.1 Å². The van der Waals surface area contributed by atoms with Gasteiger partial charge in [-0.15, -0.1) is 11.3 Å². The van der Waals surface area contributed by atoms with E-state index in [4.69, 9.17) is 10.6 Å². The normalized spacial score (nSPS) is 12.9. The molecule has 2 amide bonds. The van der Waals surface area contributed by atoms with E-state index < -0.39 is 0 Å². The lowest BCUT2D eigenvalue weighted by molar-refractivity contribution is -0.113. The van der Waals surface area contributed by atoms with Crippen LogP contribution >= 0.6 is 23.1 Å². The number of amides is 2. The second kappa shape index (κ2) is 10.9. The van der Waals surface area contributed by atoms with Crippen molar-refractivity contribution in [2.75, 3.05) is 37.2 Å². The summed E-state index contributed by atoms with van der Waals surface area (Å²) in [6, 6.07) is 9.74. The first-order valence-electron chi connectivity index (χ1n) is 10.8. The predicted octanol–water partition coefficient (Wildman–Crippen LogP) is 3.31. The van der Waals surface area contributed by atoms with E-state index in [1.54, 1.807) is 13.3 Å². The molecule has 3 aromatic rings. The van der Waals surface area contributed by atoms with Gasteiger partial charge in [-0.25, -0.2) is 9.66 Å². The molecule has 4 rings (SSSR count). The zero-order valence-electron chi connectivity index (χ0n) is 18.4. The molecular weight excluding hydrogens is 458 g/mol. The average molecular weight is 486 g/mol. The average Bonchev–Trinajstić information content (AvgIpc) is 3.38. The molecule has 1 aliphatic rings. The number of carbonyl (C=O) groups excluding carboxylic acids is 2. The number of thioether (sulfide) groups is 1. The number of nitrogens with two attached hydrogens (primary N) is 1. The Morgan fingerprint density at radius 3 is 2.82 bits per heavy atom. The Kier molecular flexibility index (Phi) is 7.69. The third-order valence-corrected chi connectivity index (χ3v) is 7.52. The number of nitrogen functional groups attached to an aromatic ring is 1. The van der Waals surface area contributed by atoms with Gasteiger partial charge in [-0.05, 0) is 31.2 Å². The van der Waals surface area contributed by atoms with Gasteiger partial charge in [-0.3, -0.25) is 9.59 Å². The standard InChI is InChI=1S/C23H27N5O3S2/c1-31-12-11-25-21(30)20-16-9-5-6-10-18(16)33-22(20)27-19(29)14-32-23-26-17(13-28(23)24)15-7-3-2-4-8-15/h2-4,7-8,13H,5-6,9-12,14,24H2,1H3,(H,25,30)(H,27,29). The van der Waals surface area contributed by atoms with E-state index in [1.165, 1.54) is 32.7 Å². The summed E-state index contributed by atoms with van der Waals surface area (Å²) < 4.78 is 6.46. The maximum Gasteiger partial charge on any atom is 0.254 e. The summed E-state index contributed by atoms with van der Waals surface area (Å²) in [5, 5.41) is 7.01. The van der Waals surface area contributed by atoms with Crippen LogP contribution in [0.3, 0.4) is 0 Å². The summed E-state index contributed by atoms with van der Waals surface area (Å²) in [7, 11) is 1.59. The number of anilines is 1. The van der Waals surface area contributed by atoms with Crippen LogP contribution in [0.1, 0.15) is 33.6 Å². The molecule has 10 heteroatoms. The summed E-state index contributed by atoms with van der Waals surface area (Å²) in [6.07, 6.45) is 5.69. The number of hydrogen-bond acceptors (Lipinski definition) is 7. The molecular formula is C23H27N5O3S2. The van der Waals surface area contributed by atoms with Crippen molar-refractivity contribution in [3.05, 3.63) is 52.5 Å². The Morgan fingerprint density at radius 2 is 2.03 bits per heavy atom. The van der Waals surface area contributed by atoms with Crippen LogP contribution in [0.2, 0.25) is 0 Å². The maximum absolute atomic E-state index is 12.9. The Hall–Kier alpha value is -2.82. The molecule has 8 nitrogen and oxygen atoms in total. The number of aromatic nitrogens is 2. The van der Waals surface area contributed by atoms with Crippen molar-refractivity contribution in [3.63, 3.8) is 0 Å². The van der Waals surface area contributed by atoms with Gasteiger partial charge in [-0.1, -0.05) is 42.1 Å². The molecule has 2 aromatic heterocycles. The zero-order chi connectivity index (χ0) is 23.2. The van der Waals surface area contributed by atoms with Gasteiger partial charge < -0.3 is 21.2 Å². The molecule has 0 bridgehead atoms. The molecule has 0 atom stereocenters. The fraction of sp³-hybridized carbons (Fsp3) is 0.348. The zero-order valence-corrected chi connectivity index (χ0v) is 20.1. The topological polar surface area (TPSA) is 111 Å². The smallest absolute Gasteiger partial charge is 0.254 e. The van der Waals surface area contributed by atoms with E-state index in [-0.39, 0.29) is 17.6 Å². The number of thiophene rings is 1. The molecule has 1 aromatic carbocycles. The molecule has 0 saturated heterocycles. The molecule has 2 heterocycles. The summed E-state index contributed by atoms with van der Waals surface area (Å²) in [5.41, 5.74) is 3.37. The first-order chi connectivity index (χ1) is 16.1. The molecule has 0 unspecified atom stereocenters. The second-order valence-corrected chi connectivity index (χ2v) is 9.73. The summed E-state index contributed by atoms with van der Waals surface area (Å²) in [6.45, 7) is 0.860. The molecule has 0 radical (unpaired) electrons. The summed E-state index contributed by atoms with van der Waals surface area (Å²) in [5.74, 6) is 5.81. The molecule has 0 spiro atoms. The SMILES string of the molecule is COCCNC(=O)c1c(NC(=O)CSc2nc(-c3ccccc3)cn2N)sc2c1CCCC2. The van der Waals surface area contributed by atoms with E-state index in [1.807, 2.05) is 30.3 Å². The first-order valence-corrected chi connectivity index (χ1v) is 12.6. The third-order valence-electron chi connectivity index (χ3n) is 5.34. The second-order valence-electron chi connectivity index (χ2n) is 7.68. The molecule has 4 N–H and O–H groups in total. The van der Waals surface area contributed by atoms with Crippen molar-refractivity contribution in [1.29, 1.82) is 0 Å². The predicted molar refractivity (Wildman–Crippen MR) is 132 cm³/mol. The van der Waals surface area contributed by atoms with Gasteiger partial charge in [-0.2, -0.15) is 0 Å². The number of aryl methyl sites for hydroxylation is 1. The minimum Gasteiger partial charge on any atom is -0.383 e. The number of hydrogen-bond donors (Lipinski definition) is 3. The number of fused-ring (bicyclic) bond motifs is 1. The van der Waals surface area contributed by atoms with Crippen LogP contribution in [-0.4, -0.2) is 47.5 Å². The molecule has 0 aliphatic heterocycles. The van der Waals surface area contributed by atoms with Crippen molar-refractivity contribution in [3.8, 4) is 11.3 Å². The fourth-order valence-corrected chi connectivity index (χ4v) is 5.77. The number of methoxy groups -OCH3 is 1. The van der Waals surface area contributed by atoms with Crippen LogP contribution in [0.25, 0.3) is 11.3 Å². The summed E-state index contributed by atoms with van der Waals surface area (Å²) in [4.78, 5) is 31.4. The highest BCUT2D eigenvalue weighted by atomic mass is 32.2. The van der Waals surface area contributed by atoms with Crippen molar-refractivity contribution in [1.82, 2.24) is 15.0 Å². The lowest BCUT2D eigenvalue weighted by atomic mass is 9.95. The largest absolute Gasteiger partial charge is 0.383 e. The Balaban J connectivity index is 1.44. The first kappa shape index (κ1) is 23.3. The highest BCUT2D eigenvalue weighted by molar-refractivity contribution is 7.99. The number of rotatable bonds is 9. The molecule has 0 fully saturated rings. The van der Waals surface area contributed by atoms with Gasteiger partial charge in [0.15, 0.2) is 5.16 Å². The van der Waals surface area contributed by atoms with Gasteiger partial charge in [0.2, 0.25) is 5.91 Å². The number of ether oxygens (including phenoxy) is 1. The van der Waals surface area contributed by atoms with Crippen molar-refractivity contribution in [2.45, 2.75) is 30.8 Å². The minimum atomic E-state index is -0.200. The van der Waals surface area contributed by atoms with E-state index in [0.717, 1.165) is 42.5 Å². The van der Waals surface area contributed by atoms with Crippen LogP contribution in [0, 0.1) is 0 Å².